The maximum absolute atomic E-state index is 12.9. The highest BCUT2D eigenvalue weighted by Crippen LogP contribution is 2.30. The number of likely N-dealkylation sites (tertiary alicyclic amines) is 1. The van der Waals surface area contributed by atoms with Gasteiger partial charge in [0.25, 0.3) is 0 Å². The van der Waals surface area contributed by atoms with Gasteiger partial charge in [-0.15, -0.1) is 0 Å². The average molecular weight is 348 g/mol. The molecular formula is C20H32N2O3. The summed E-state index contributed by atoms with van der Waals surface area (Å²) in [6, 6.07) is 8.04. The molecule has 0 aliphatic carbocycles. The lowest BCUT2D eigenvalue weighted by Crippen LogP contribution is -2.51. The molecule has 1 aliphatic heterocycles. The minimum Gasteiger partial charge on any atom is -0.496 e. The number of urea groups is 1. The summed E-state index contributed by atoms with van der Waals surface area (Å²) in [6.07, 6.45) is 2.89. The Kier molecular flexibility index (Phi) is 7.12. The van der Waals surface area contributed by atoms with Crippen molar-refractivity contribution in [3.63, 3.8) is 0 Å². The number of rotatable bonds is 6. The smallest absolute Gasteiger partial charge is 0.318 e. The third kappa shape index (κ3) is 5.11. The second-order valence-electron chi connectivity index (χ2n) is 7.30. The van der Waals surface area contributed by atoms with Gasteiger partial charge >= 0.3 is 6.03 Å². The second-order valence-corrected chi connectivity index (χ2v) is 7.30. The van der Waals surface area contributed by atoms with Crippen molar-refractivity contribution in [3.8, 4) is 5.75 Å². The number of methoxy groups -OCH3 is 2. The zero-order chi connectivity index (χ0) is 18.4. The molecule has 2 amide bonds. The van der Waals surface area contributed by atoms with E-state index in [1.54, 1.807) is 14.2 Å². The highest BCUT2D eigenvalue weighted by molar-refractivity contribution is 5.75. The van der Waals surface area contributed by atoms with E-state index in [1.165, 1.54) is 0 Å². The van der Waals surface area contributed by atoms with Gasteiger partial charge in [0, 0.05) is 25.3 Å². The summed E-state index contributed by atoms with van der Waals surface area (Å²) in [4.78, 5) is 14.8. The molecule has 1 aliphatic rings. The summed E-state index contributed by atoms with van der Waals surface area (Å²) in [5.74, 6) is 1.28. The van der Waals surface area contributed by atoms with Crippen LogP contribution in [-0.2, 0) is 4.74 Å². The van der Waals surface area contributed by atoms with E-state index >= 15 is 0 Å². The molecule has 1 N–H and O–H groups in total. The summed E-state index contributed by atoms with van der Waals surface area (Å²) in [5, 5.41) is 3.24. The van der Waals surface area contributed by atoms with Gasteiger partial charge in [0.15, 0.2) is 0 Å². The Morgan fingerprint density at radius 1 is 1.32 bits per heavy atom. The molecule has 1 aromatic rings. The molecule has 3 atom stereocenters. The SMILES string of the molecule is COc1ccccc1[C@H](CC(C)C)NC(=O)N1CC[C@@H](OC)C[C@H]1C. The maximum atomic E-state index is 12.9. The number of para-hydroxylation sites is 1. The van der Waals surface area contributed by atoms with E-state index < -0.39 is 0 Å². The monoisotopic (exact) mass is 348 g/mol. The number of hydrogen-bond acceptors (Lipinski definition) is 3. The zero-order valence-electron chi connectivity index (χ0n) is 16.1. The number of piperidine rings is 1. The molecule has 5 nitrogen and oxygen atoms in total. The Balaban J connectivity index is 2.13. The molecule has 1 saturated heterocycles. The first kappa shape index (κ1) is 19.6. The first-order valence-electron chi connectivity index (χ1n) is 9.19. The van der Waals surface area contributed by atoms with Crippen LogP contribution in [0.5, 0.6) is 5.75 Å². The fraction of sp³-hybridized carbons (Fsp3) is 0.650. The minimum absolute atomic E-state index is 0.00129. The molecule has 1 heterocycles. The lowest BCUT2D eigenvalue weighted by atomic mass is 9.96. The van der Waals surface area contributed by atoms with Crippen LogP contribution in [0.25, 0.3) is 0 Å². The van der Waals surface area contributed by atoms with E-state index in [0.717, 1.165) is 37.1 Å². The molecule has 5 heteroatoms. The lowest BCUT2D eigenvalue weighted by molar-refractivity contribution is 0.0288. The Bertz CT molecular complexity index is 562. The Labute approximate surface area is 151 Å². The number of ether oxygens (including phenoxy) is 2. The summed E-state index contributed by atoms with van der Waals surface area (Å²) in [6.45, 7) is 7.15. The van der Waals surface area contributed by atoms with Crippen molar-refractivity contribution in [2.45, 2.75) is 58.2 Å². The number of nitrogens with zero attached hydrogens (tertiary/aromatic N) is 1. The zero-order valence-corrected chi connectivity index (χ0v) is 16.1. The van der Waals surface area contributed by atoms with Crippen LogP contribution in [0.4, 0.5) is 4.79 Å². The highest BCUT2D eigenvalue weighted by atomic mass is 16.5. The fourth-order valence-electron chi connectivity index (χ4n) is 3.57. The van der Waals surface area contributed by atoms with Crippen LogP contribution in [0.3, 0.4) is 0 Å². The van der Waals surface area contributed by atoms with E-state index in [-0.39, 0.29) is 24.2 Å². The van der Waals surface area contributed by atoms with Gasteiger partial charge in [0.05, 0.1) is 19.3 Å². The Morgan fingerprint density at radius 2 is 2.04 bits per heavy atom. The first-order valence-corrected chi connectivity index (χ1v) is 9.19. The van der Waals surface area contributed by atoms with Gasteiger partial charge in [0.1, 0.15) is 5.75 Å². The molecule has 0 radical (unpaired) electrons. The minimum atomic E-state index is -0.0593. The predicted octanol–water partition coefficient (Wildman–Crippen LogP) is 3.99. The Morgan fingerprint density at radius 3 is 2.64 bits per heavy atom. The number of amides is 2. The van der Waals surface area contributed by atoms with Gasteiger partial charge in [-0.25, -0.2) is 4.79 Å². The number of benzene rings is 1. The van der Waals surface area contributed by atoms with Gasteiger partial charge in [-0.1, -0.05) is 32.0 Å². The fourth-order valence-corrected chi connectivity index (χ4v) is 3.57. The van der Waals surface area contributed by atoms with Crippen LogP contribution in [0.15, 0.2) is 24.3 Å². The number of hydrogen-bond donors (Lipinski definition) is 1. The van der Waals surface area contributed by atoms with Crippen molar-refractivity contribution in [1.82, 2.24) is 10.2 Å². The normalized spacial score (nSPS) is 21.9. The molecule has 0 spiro atoms. The van der Waals surface area contributed by atoms with E-state index in [9.17, 15) is 4.79 Å². The summed E-state index contributed by atoms with van der Waals surface area (Å²) in [7, 11) is 3.41. The molecule has 1 aromatic carbocycles. The van der Waals surface area contributed by atoms with Gasteiger partial charge in [-0.05, 0) is 38.2 Å². The van der Waals surface area contributed by atoms with Crippen LogP contribution in [0.2, 0.25) is 0 Å². The van der Waals surface area contributed by atoms with Crippen LogP contribution in [0.1, 0.15) is 51.6 Å². The third-order valence-electron chi connectivity index (χ3n) is 4.94. The molecule has 25 heavy (non-hydrogen) atoms. The van der Waals surface area contributed by atoms with E-state index in [2.05, 4.69) is 26.1 Å². The summed E-state index contributed by atoms with van der Waals surface area (Å²) < 4.78 is 11.0. The lowest BCUT2D eigenvalue weighted by Gasteiger charge is -2.38. The molecule has 0 aromatic heterocycles. The highest BCUT2D eigenvalue weighted by Gasteiger charge is 2.30. The Hall–Kier alpha value is -1.75. The maximum Gasteiger partial charge on any atom is 0.318 e. The standard InChI is InChI=1S/C20H32N2O3/c1-14(2)12-18(17-8-6-7-9-19(17)25-5)21-20(23)22-11-10-16(24-4)13-15(22)3/h6-9,14-16,18H,10-13H2,1-5H3,(H,21,23)/t15-,16-,18+/m1/s1. The van der Waals surface area contributed by atoms with Gasteiger partial charge in [-0.2, -0.15) is 0 Å². The summed E-state index contributed by atoms with van der Waals surface area (Å²) in [5.41, 5.74) is 1.03. The van der Waals surface area contributed by atoms with Gasteiger partial charge in [-0.3, -0.25) is 0 Å². The van der Waals surface area contributed by atoms with Crippen molar-refractivity contribution in [1.29, 1.82) is 0 Å². The topological polar surface area (TPSA) is 50.8 Å². The molecule has 140 valence electrons. The van der Waals surface area contributed by atoms with E-state index in [0.29, 0.717) is 5.92 Å². The molecule has 1 fully saturated rings. The van der Waals surface area contributed by atoms with Gasteiger partial charge < -0.3 is 19.7 Å². The molecule has 0 unspecified atom stereocenters. The molecule has 0 bridgehead atoms. The van der Waals surface area contributed by atoms with Crippen molar-refractivity contribution >= 4 is 6.03 Å². The average Bonchev–Trinajstić information content (AvgIpc) is 2.60. The van der Waals surface area contributed by atoms with Crippen LogP contribution >= 0.6 is 0 Å². The van der Waals surface area contributed by atoms with E-state index in [1.807, 2.05) is 29.2 Å². The van der Waals surface area contributed by atoms with Crippen molar-refractivity contribution in [2.75, 3.05) is 20.8 Å². The van der Waals surface area contributed by atoms with Crippen molar-refractivity contribution in [2.24, 2.45) is 5.92 Å². The third-order valence-corrected chi connectivity index (χ3v) is 4.94. The van der Waals surface area contributed by atoms with Crippen LogP contribution in [-0.4, -0.2) is 43.8 Å². The second kappa shape index (κ2) is 9.09. The molecule has 2 rings (SSSR count). The van der Waals surface area contributed by atoms with Crippen LogP contribution in [0, 0.1) is 5.92 Å². The number of carbonyl (C=O) groups excluding carboxylic acids is 1. The predicted molar refractivity (Wildman–Crippen MR) is 99.9 cm³/mol. The van der Waals surface area contributed by atoms with E-state index in [4.69, 9.17) is 9.47 Å². The van der Waals surface area contributed by atoms with Crippen molar-refractivity contribution < 1.29 is 14.3 Å². The molecular weight excluding hydrogens is 316 g/mol. The molecule has 0 saturated carbocycles. The van der Waals surface area contributed by atoms with Crippen molar-refractivity contribution in [3.05, 3.63) is 29.8 Å². The van der Waals surface area contributed by atoms with Crippen LogP contribution < -0.4 is 10.1 Å². The number of carbonyl (C=O) groups is 1. The summed E-state index contributed by atoms with van der Waals surface area (Å²) >= 11 is 0. The largest absolute Gasteiger partial charge is 0.496 e. The number of nitrogens with one attached hydrogen (secondary N) is 1. The quantitative estimate of drug-likeness (QED) is 0.845. The van der Waals surface area contributed by atoms with Gasteiger partial charge in [0.2, 0.25) is 0 Å². The first-order chi connectivity index (χ1) is 12.0.